The molecule has 2 bridgehead atoms. The Balaban J connectivity index is 1.60. The van der Waals surface area contributed by atoms with Crippen LogP contribution in [-0.2, 0) is 16.2 Å². The summed E-state index contributed by atoms with van der Waals surface area (Å²) in [6.07, 6.45) is -4.80. The van der Waals surface area contributed by atoms with Gasteiger partial charge >= 0.3 is 11.9 Å². The maximum atomic E-state index is 13.4. The summed E-state index contributed by atoms with van der Waals surface area (Å²) in [4.78, 5) is 23.1. The molecule has 0 unspecified atom stereocenters. The van der Waals surface area contributed by atoms with Crippen molar-refractivity contribution in [3.63, 3.8) is 0 Å². The van der Waals surface area contributed by atoms with E-state index in [1.807, 2.05) is 0 Å². The molecule has 1 N–H and O–H groups in total. The Morgan fingerprint density at radius 2 is 1.92 bits per heavy atom. The van der Waals surface area contributed by atoms with Crippen molar-refractivity contribution in [1.29, 1.82) is 5.26 Å². The first-order chi connectivity index (χ1) is 17.3. The lowest BCUT2D eigenvalue weighted by Crippen LogP contribution is -2.37. The summed E-state index contributed by atoms with van der Waals surface area (Å²) in [5.41, 5.74) is -3.97. The quantitative estimate of drug-likeness (QED) is 0.382. The smallest absolute Gasteiger partial charge is 0.417 e. The van der Waals surface area contributed by atoms with Gasteiger partial charge in [0.05, 0.1) is 44.8 Å². The van der Waals surface area contributed by atoms with Crippen LogP contribution in [0.1, 0.15) is 35.3 Å². The number of benzene rings is 2. The molecule has 5 rings (SSSR count). The highest BCUT2D eigenvalue weighted by Gasteiger charge is 2.52. The molecule has 0 radical (unpaired) electrons. The average molecular weight is 556 g/mol. The molecule has 2 aliphatic heterocycles. The van der Waals surface area contributed by atoms with Gasteiger partial charge in [0, 0.05) is 12.6 Å². The van der Waals surface area contributed by atoms with Gasteiger partial charge < -0.3 is 5.11 Å². The zero-order valence-corrected chi connectivity index (χ0v) is 19.8. The minimum atomic E-state index is -4.91. The van der Waals surface area contributed by atoms with Gasteiger partial charge in [0.25, 0.3) is 5.69 Å². The lowest BCUT2D eigenvalue weighted by molar-refractivity contribution is -0.384. The van der Waals surface area contributed by atoms with E-state index in [0.717, 1.165) is 39.2 Å². The Hall–Kier alpha value is -3.87. The van der Waals surface area contributed by atoms with Crippen molar-refractivity contribution in [3.8, 4) is 17.6 Å². The molecular formula is C21H13ClF3N5O6S. The number of hydrogen-bond acceptors (Lipinski definition) is 7. The highest BCUT2D eigenvalue weighted by Crippen LogP contribution is 2.51. The molecule has 2 aliphatic rings. The van der Waals surface area contributed by atoms with Gasteiger partial charge in [0.2, 0.25) is 15.9 Å². The molecule has 3 heterocycles. The van der Waals surface area contributed by atoms with Gasteiger partial charge in [-0.25, -0.2) is 17.8 Å². The molecule has 1 aromatic heterocycles. The normalized spacial score (nSPS) is 19.1. The van der Waals surface area contributed by atoms with Crippen LogP contribution in [0.3, 0.4) is 0 Å². The number of rotatable bonds is 4. The number of nitriles is 1. The maximum absolute atomic E-state index is 13.4. The molecule has 1 saturated heterocycles. The van der Waals surface area contributed by atoms with Crippen molar-refractivity contribution in [2.75, 3.05) is 6.54 Å². The van der Waals surface area contributed by atoms with Crippen LogP contribution < -0.4 is 5.69 Å². The summed E-state index contributed by atoms with van der Waals surface area (Å²) in [6, 6.07) is 5.07. The molecule has 11 nitrogen and oxygen atoms in total. The highest BCUT2D eigenvalue weighted by molar-refractivity contribution is 7.89. The lowest BCUT2D eigenvalue weighted by atomic mass is 10.1. The molecule has 3 aromatic rings. The zero-order chi connectivity index (χ0) is 27.0. The van der Waals surface area contributed by atoms with E-state index >= 15 is 0 Å². The van der Waals surface area contributed by atoms with Crippen molar-refractivity contribution in [2.45, 2.75) is 29.6 Å². The Kier molecular flexibility index (Phi) is 5.41. The number of hydrogen-bond donors (Lipinski definition) is 1. The Labute approximate surface area is 210 Å². The number of alkyl halides is 3. The van der Waals surface area contributed by atoms with Gasteiger partial charge in [-0.15, -0.1) is 0 Å². The minimum Gasteiger partial charge on any atom is -0.493 e. The zero-order valence-electron chi connectivity index (χ0n) is 18.2. The van der Waals surface area contributed by atoms with E-state index in [1.54, 1.807) is 0 Å². The summed E-state index contributed by atoms with van der Waals surface area (Å²) in [7, 11) is -4.36. The first-order valence-corrected chi connectivity index (χ1v) is 12.2. The molecule has 0 amide bonds. The van der Waals surface area contributed by atoms with Crippen LogP contribution in [0.25, 0.3) is 5.69 Å². The number of nitro benzene ring substituents is 1. The maximum Gasteiger partial charge on any atom is 0.417 e. The summed E-state index contributed by atoms with van der Waals surface area (Å²) < 4.78 is 69.8. The molecule has 37 heavy (non-hydrogen) atoms. The van der Waals surface area contributed by atoms with E-state index in [0.29, 0.717) is 10.6 Å². The minimum absolute atomic E-state index is 0.106. The van der Waals surface area contributed by atoms with E-state index in [9.17, 15) is 41.6 Å². The van der Waals surface area contributed by atoms with Crippen molar-refractivity contribution < 1.29 is 31.6 Å². The third-order valence-corrected chi connectivity index (χ3v) is 8.61. The van der Waals surface area contributed by atoms with Gasteiger partial charge in [0.15, 0.2) is 0 Å². The number of fused-ring (bicyclic) bond motifs is 5. The second-order valence-corrected chi connectivity index (χ2v) is 10.7. The van der Waals surface area contributed by atoms with Gasteiger partial charge in [-0.2, -0.15) is 22.7 Å². The fourth-order valence-corrected chi connectivity index (χ4v) is 6.68. The van der Waals surface area contributed by atoms with Gasteiger partial charge in [-0.05, 0) is 36.8 Å². The Morgan fingerprint density at radius 1 is 1.22 bits per heavy atom. The summed E-state index contributed by atoms with van der Waals surface area (Å²) in [5, 5.41) is 30.9. The molecule has 2 atom stereocenters. The predicted octanol–water partition coefficient (Wildman–Crippen LogP) is 3.49. The van der Waals surface area contributed by atoms with Crippen molar-refractivity contribution in [1.82, 2.24) is 13.4 Å². The molecule has 16 heteroatoms. The molecule has 0 aliphatic carbocycles. The van der Waals surface area contributed by atoms with Crippen LogP contribution in [-0.4, -0.2) is 38.4 Å². The van der Waals surface area contributed by atoms with E-state index in [1.165, 1.54) is 6.07 Å². The topological polar surface area (TPSA) is 151 Å². The number of nitro groups is 1. The number of halogens is 4. The van der Waals surface area contributed by atoms with Crippen LogP contribution in [0.4, 0.5) is 18.9 Å². The van der Waals surface area contributed by atoms with E-state index in [4.69, 9.17) is 16.9 Å². The van der Waals surface area contributed by atoms with E-state index in [2.05, 4.69) is 0 Å². The van der Waals surface area contributed by atoms with Crippen molar-refractivity contribution in [2.24, 2.45) is 0 Å². The number of sulfonamides is 1. The summed E-state index contributed by atoms with van der Waals surface area (Å²) in [6.45, 7) is -0.207. The fraction of sp³-hybridized carbons (Fsp3) is 0.238. The van der Waals surface area contributed by atoms with E-state index < -0.39 is 66.5 Å². The second kappa shape index (κ2) is 8.07. The molecular weight excluding hydrogens is 543 g/mol. The summed E-state index contributed by atoms with van der Waals surface area (Å²) in [5.74, 6) is -0.752. The molecule has 0 spiro atoms. The number of aromatic hydroxyl groups is 1. The largest absolute Gasteiger partial charge is 0.493 e. The predicted molar refractivity (Wildman–Crippen MR) is 120 cm³/mol. The number of aromatic nitrogens is 2. The first kappa shape index (κ1) is 24.8. The Morgan fingerprint density at radius 3 is 2.54 bits per heavy atom. The lowest BCUT2D eigenvalue weighted by Gasteiger charge is -2.26. The molecule has 2 aromatic carbocycles. The van der Waals surface area contributed by atoms with Crippen LogP contribution >= 0.6 is 11.6 Å². The van der Waals surface area contributed by atoms with Crippen molar-refractivity contribution >= 4 is 27.3 Å². The van der Waals surface area contributed by atoms with Crippen molar-refractivity contribution in [3.05, 3.63) is 78.8 Å². The molecule has 1 fully saturated rings. The monoisotopic (exact) mass is 555 g/mol. The van der Waals surface area contributed by atoms with Crippen LogP contribution in [0.5, 0.6) is 5.88 Å². The average Bonchev–Trinajstić information content (AvgIpc) is 3.49. The van der Waals surface area contributed by atoms with Gasteiger partial charge in [0.1, 0.15) is 10.7 Å². The number of imidazole rings is 1. The number of nitrogens with zero attached hydrogens (tertiary/aromatic N) is 5. The highest BCUT2D eigenvalue weighted by atomic mass is 35.5. The van der Waals surface area contributed by atoms with Gasteiger partial charge in [-0.1, -0.05) is 11.6 Å². The SMILES string of the molecule is N#Cc1ccc(-n2c(O)c3n(c2=O)[C@H]2C[C@@H]3N(S(=O)(=O)c3ccc(Cl)c([N+](=O)[O-])c3)C2)cc1C(F)(F)F. The van der Waals surface area contributed by atoms with Gasteiger partial charge in [-0.3, -0.25) is 14.7 Å². The second-order valence-electron chi connectivity index (χ2n) is 8.39. The van der Waals surface area contributed by atoms with Crippen LogP contribution in [0.2, 0.25) is 5.02 Å². The molecule has 0 saturated carbocycles. The third kappa shape index (κ3) is 3.59. The summed E-state index contributed by atoms with van der Waals surface area (Å²) >= 11 is 5.78. The standard InChI is InChI=1S/C21H13ClF3N5O6S/c22-15-4-3-13(7-16(15)30(33)34)37(35,36)27-9-12-6-17(27)18-19(31)29(20(32)28(12)18)11-2-1-10(8-26)14(5-11)21(23,24)25/h1-5,7,12,17,31H,6,9H2/t12-,17-/m0/s1. The fourth-order valence-electron chi connectivity index (χ4n) is 4.84. The molecule has 192 valence electrons. The Bertz CT molecular complexity index is 1710. The first-order valence-electron chi connectivity index (χ1n) is 10.4. The van der Waals surface area contributed by atoms with Crippen LogP contribution in [0.15, 0.2) is 46.1 Å². The third-order valence-electron chi connectivity index (χ3n) is 6.42. The van der Waals surface area contributed by atoms with Crippen LogP contribution in [0, 0.1) is 21.4 Å². The van der Waals surface area contributed by atoms with E-state index in [-0.39, 0.29) is 29.4 Å².